The number of hydrogen-bond donors (Lipinski definition) is 2. The molecule has 17 heavy (non-hydrogen) atoms. The molecule has 1 saturated carbocycles. The van der Waals surface area contributed by atoms with Crippen molar-refractivity contribution in [3.8, 4) is 5.75 Å². The van der Waals surface area contributed by atoms with Gasteiger partial charge in [0.15, 0.2) is 0 Å². The van der Waals surface area contributed by atoms with Gasteiger partial charge in [-0.3, -0.25) is 0 Å². The second kappa shape index (κ2) is 5.41. The molecule has 94 valence electrons. The van der Waals surface area contributed by atoms with E-state index in [0.29, 0.717) is 6.04 Å². The molecule has 1 aliphatic carbocycles. The van der Waals surface area contributed by atoms with Crippen LogP contribution in [0.25, 0.3) is 0 Å². The first-order valence-corrected chi connectivity index (χ1v) is 6.37. The highest BCUT2D eigenvalue weighted by atomic mass is 16.5. The number of benzene rings is 1. The normalized spacial score (nSPS) is 24.4. The minimum atomic E-state index is 0.283. The van der Waals surface area contributed by atoms with Crippen LogP contribution in [-0.2, 0) is 0 Å². The van der Waals surface area contributed by atoms with Crippen LogP contribution in [-0.4, -0.2) is 19.2 Å². The van der Waals surface area contributed by atoms with Crippen molar-refractivity contribution in [1.82, 2.24) is 0 Å². The fourth-order valence-electron chi connectivity index (χ4n) is 2.52. The van der Waals surface area contributed by atoms with Gasteiger partial charge in [0.25, 0.3) is 0 Å². The maximum Gasteiger partial charge on any atom is 0.121 e. The lowest BCUT2D eigenvalue weighted by Gasteiger charge is -2.30. The molecule has 2 rings (SSSR count). The zero-order valence-corrected chi connectivity index (χ0v) is 10.7. The van der Waals surface area contributed by atoms with Gasteiger partial charge in [0.1, 0.15) is 5.75 Å². The SMILES string of the molecule is COc1ccc(NC2CCCCC2N)cc1C. The van der Waals surface area contributed by atoms with E-state index in [9.17, 15) is 0 Å². The molecule has 0 amide bonds. The van der Waals surface area contributed by atoms with E-state index < -0.39 is 0 Å². The number of hydrogen-bond acceptors (Lipinski definition) is 3. The summed E-state index contributed by atoms with van der Waals surface area (Å²) < 4.78 is 5.26. The molecular formula is C14H22N2O. The summed E-state index contributed by atoms with van der Waals surface area (Å²) in [5.41, 5.74) is 8.43. The van der Waals surface area contributed by atoms with E-state index >= 15 is 0 Å². The van der Waals surface area contributed by atoms with Crippen LogP contribution in [0.3, 0.4) is 0 Å². The maximum atomic E-state index is 6.13. The zero-order chi connectivity index (χ0) is 12.3. The number of nitrogens with one attached hydrogen (secondary N) is 1. The topological polar surface area (TPSA) is 47.3 Å². The lowest BCUT2D eigenvalue weighted by Crippen LogP contribution is -2.42. The number of methoxy groups -OCH3 is 1. The molecule has 2 unspecified atom stereocenters. The number of ether oxygens (including phenoxy) is 1. The van der Waals surface area contributed by atoms with Gasteiger partial charge in [-0.2, -0.15) is 0 Å². The predicted octanol–water partition coefficient (Wildman–Crippen LogP) is 2.69. The summed E-state index contributed by atoms with van der Waals surface area (Å²) in [4.78, 5) is 0. The van der Waals surface area contributed by atoms with E-state index in [1.54, 1.807) is 7.11 Å². The highest BCUT2D eigenvalue weighted by Gasteiger charge is 2.21. The summed E-state index contributed by atoms with van der Waals surface area (Å²) in [6.07, 6.45) is 4.85. The first-order valence-electron chi connectivity index (χ1n) is 6.37. The molecule has 3 N–H and O–H groups in total. The highest BCUT2D eigenvalue weighted by Crippen LogP contribution is 2.25. The van der Waals surface area contributed by atoms with E-state index in [-0.39, 0.29) is 6.04 Å². The molecule has 1 fully saturated rings. The summed E-state index contributed by atoms with van der Waals surface area (Å²) in [7, 11) is 1.70. The number of nitrogens with two attached hydrogens (primary N) is 1. The molecule has 0 aliphatic heterocycles. The average Bonchev–Trinajstić information content (AvgIpc) is 2.32. The summed E-state index contributed by atoms with van der Waals surface area (Å²) in [5.74, 6) is 0.934. The Bertz CT molecular complexity index is 378. The molecule has 3 heteroatoms. The van der Waals surface area contributed by atoms with Crippen LogP contribution in [0, 0.1) is 6.92 Å². The molecule has 0 saturated heterocycles. The average molecular weight is 234 g/mol. The second-order valence-electron chi connectivity index (χ2n) is 4.88. The number of aryl methyl sites for hydroxylation is 1. The van der Waals surface area contributed by atoms with Crippen LogP contribution >= 0.6 is 0 Å². The van der Waals surface area contributed by atoms with Crippen molar-refractivity contribution in [3.63, 3.8) is 0 Å². The number of anilines is 1. The Labute approximate surface area is 103 Å². The Hall–Kier alpha value is -1.22. The molecule has 0 aromatic heterocycles. The van der Waals surface area contributed by atoms with Crippen molar-refractivity contribution in [2.45, 2.75) is 44.7 Å². The second-order valence-corrected chi connectivity index (χ2v) is 4.88. The fourth-order valence-corrected chi connectivity index (χ4v) is 2.52. The minimum absolute atomic E-state index is 0.283. The summed E-state index contributed by atoms with van der Waals surface area (Å²) in [6.45, 7) is 2.06. The van der Waals surface area contributed by atoms with Gasteiger partial charge in [-0.05, 0) is 43.5 Å². The van der Waals surface area contributed by atoms with Gasteiger partial charge in [-0.25, -0.2) is 0 Å². The lowest BCUT2D eigenvalue weighted by atomic mass is 9.91. The fraction of sp³-hybridized carbons (Fsp3) is 0.571. The lowest BCUT2D eigenvalue weighted by molar-refractivity contribution is 0.403. The Morgan fingerprint density at radius 2 is 2.06 bits per heavy atom. The molecule has 2 atom stereocenters. The monoisotopic (exact) mass is 234 g/mol. The molecule has 0 radical (unpaired) electrons. The molecule has 0 heterocycles. The van der Waals surface area contributed by atoms with Crippen LogP contribution in [0.15, 0.2) is 18.2 Å². The van der Waals surface area contributed by atoms with Gasteiger partial charge in [0.05, 0.1) is 7.11 Å². The molecule has 1 aromatic rings. The molecule has 1 aromatic carbocycles. The molecule has 1 aliphatic rings. The van der Waals surface area contributed by atoms with Crippen LogP contribution in [0.2, 0.25) is 0 Å². The van der Waals surface area contributed by atoms with Gasteiger partial charge in [0.2, 0.25) is 0 Å². The first-order chi connectivity index (χ1) is 8.20. The quantitative estimate of drug-likeness (QED) is 0.845. The van der Waals surface area contributed by atoms with Crippen LogP contribution in [0.4, 0.5) is 5.69 Å². The Kier molecular flexibility index (Phi) is 3.89. The van der Waals surface area contributed by atoms with E-state index in [1.807, 2.05) is 6.07 Å². The van der Waals surface area contributed by atoms with Crippen LogP contribution < -0.4 is 15.8 Å². The first kappa shape index (κ1) is 12.2. The molecule has 0 spiro atoms. The van der Waals surface area contributed by atoms with Crippen LogP contribution in [0.5, 0.6) is 5.75 Å². The standard InChI is InChI=1S/C14H22N2O/c1-10-9-11(7-8-14(10)17-2)16-13-6-4-3-5-12(13)15/h7-9,12-13,16H,3-6,15H2,1-2H3. The van der Waals surface area contributed by atoms with Gasteiger partial charge in [-0.15, -0.1) is 0 Å². The van der Waals surface area contributed by atoms with E-state index in [0.717, 1.165) is 23.4 Å². The third kappa shape index (κ3) is 2.91. The van der Waals surface area contributed by atoms with Crippen LogP contribution in [0.1, 0.15) is 31.2 Å². The van der Waals surface area contributed by atoms with Gasteiger partial charge < -0.3 is 15.8 Å². The van der Waals surface area contributed by atoms with E-state index in [2.05, 4.69) is 24.4 Å². The largest absolute Gasteiger partial charge is 0.496 e. The zero-order valence-electron chi connectivity index (χ0n) is 10.7. The Balaban J connectivity index is 2.05. The molecular weight excluding hydrogens is 212 g/mol. The van der Waals surface area contributed by atoms with Crippen molar-refractivity contribution in [2.24, 2.45) is 5.73 Å². The Morgan fingerprint density at radius 1 is 1.29 bits per heavy atom. The van der Waals surface area contributed by atoms with Gasteiger partial charge in [0, 0.05) is 17.8 Å². The maximum absolute atomic E-state index is 6.13. The van der Waals surface area contributed by atoms with Crippen molar-refractivity contribution in [2.75, 3.05) is 12.4 Å². The summed E-state index contributed by atoms with van der Waals surface area (Å²) in [5, 5.41) is 3.54. The summed E-state index contributed by atoms with van der Waals surface area (Å²) in [6, 6.07) is 6.89. The predicted molar refractivity (Wildman–Crippen MR) is 71.6 cm³/mol. The van der Waals surface area contributed by atoms with E-state index in [4.69, 9.17) is 10.5 Å². The third-order valence-corrected chi connectivity index (χ3v) is 3.57. The summed E-state index contributed by atoms with van der Waals surface area (Å²) >= 11 is 0. The van der Waals surface area contributed by atoms with Crippen molar-refractivity contribution >= 4 is 5.69 Å². The van der Waals surface area contributed by atoms with Gasteiger partial charge in [-0.1, -0.05) is 12.8 Å². The third-order valence-electron chi connectivity index (χ3n) is 3.57. The minimum Gasteiger partial charge on any atom is -0.496 e. The van der Waals surface area contributed by atoms with Gasteiger partial charge >= 0.3 is 0 Å². The molecule has 3 nitrogen and oxygen atoms in total. The van der Waals surface area contributed by atoms with Crippen molar-refractivity contribution in [3.05, 3.63) is 23.8 Å². The van der Waals surface area contributed by atoms with Crippen molar-refractivity contribution in [1.29, 1.82) is 0 Å². The molecule has 0 bridgehead atoms. The number of rotatable bonds is 3. The van der Waals surface area contributed by atoms with Crippen molar-refractivity contribution < 1.29 is 4.74 Å². The smallest absolute Gasteiger partial charge is 0.121 e. The highest BCUT2D eigenvalue weighted by molar-refractivity contribution is 5.51. The van der Waals surface area contributed by atoms with E-state index in [1.165, 1.54) is 19.3 Å². The Morgan fingerprint density at radius 3 is 2.71 bits per heavy atom.